The molecule has 7 heteroatoms. The first-order valence-corrected chi connectivity index (χ1v) is 13.5. The molecule has 1 aromatic heterocycles. The number of carbonyl (C=O) groups is 1. The van der Waals surface area contributed by atoms with Crippen LogP contribution in [-0.4, -0.2) is 46.0 Å². The van der Waals surface area contributed by atoms with Crippen molar-refractivity contribution in [2.45, 2.75) is 58.5 Å². The number of benzene rings is 2. The summed E-state index contributed by atoms with van der Waals surface area (Å²) in [5.74, 6) is 2.26. The standard InChI is InChI=1S/C29H35ClN4O2/c1-18(2)31-27(35)17-34-28(22-5-4-6-24(30)13-22)32-26-8-7-21(14-25(26)29(34)36)23-11-20(12-23)16-33-10-9-19(3)15-33/h4-8,13-14,18-20,23H,9-12,15-17H2,1-3H3,(H,31,35)/t19-,20-,23-/m1/s1. The molecule has 1 amide bonds. The van der Waals surface area contributed by atoms with Gasteiger partial charge in [0.25, 0.3) is 5.56 Å². The Balaban J connectivity index is 1.44. The Morgan fingerprint density at radius 1 is 1.19 bits per heavy atom. The van der Waals surface area contributed by atoms with Crippen LogP contribution < -0.4 is 10.9 Å². The summed E-state index contributed by atoms with van der Waals surface area (Å²) in [6, 6.07) is 13.3. The maximum absolute atomic E-state index is 13.7. The normalized spacial score (nSPS) is 22.2. The third kappa shape index (κ3) is 5.35. The Kier molecular flexibility index (Phi) is 7.18. The van der Waals surface area contributed by atoms with Gasteiger partial charge in [-0.3, -0.25) is 14.2 Å². The van der Waals surface area contributed by atoms with Crippen molar-refractivity contribution in [2.24, 2.45) is 11.8 Å². The summed E-state index contributed by atoms with van der Waals surface area (Å²) in [4.78, 5) is 33.8. The van der Waals surface area contributed by atoms with Gasteiger partial charge in [0.05, 0.1) is 10.9 Å². The molecule has 1 aliphatic heterocycles. The average Bonchev–Trinajstić information content (AvgIpc) is 3.22. The van der Waals surface area contributed by atoms with E-state index in [-0.39, 0.29) is 24.1 Å². The lowest BCUT2D eigenvalue weighted by molar-refractivity contribution is -0.122. The highest BCUT2D eigenvalue weighted by Crippen LogP contribution is 2.43. The van der Waals surface area contributed by atoms with Crippen LogP contribution in [0.1, 0.15) is 51.5 Å². The number of rotatable bonds is 7. The van der Waals surface area contributed by atoms with E-state index in [2.05, 4.69) is 23.2 Å². The van der Waals surface area contributed by atoms with Gasteiger partial charge in [-0.2, -0.15) is 0 Å². The lowest BCUT2D eigenvalue weighted by Gasteiger charge is -2.38. The smallest absolute Gasteiger partial charge is 0.262 e. The molecule has 190 valence electrons. The minimum atomic E-state index is -0.217. The van der Waals surface area contributed by atoms with Crippen LogP contribution >= 0.6 is 11.6 Å². The highest BCUT2D eigenvalue weighted by molar-refractivity contribution is 6.30. The molecule has 1 N–H and O–H groups in total. The van der Waals surface area contributed by atoms with E-state index in [0.29, 0.717) is 33.2 Å². The van der Waals surface area contributed by atoms with E-state index < -0.39 is 0 Å². The maximum Gasteiger partial charge on any atom is 0.262 e. The minimum absolute atomic E-state index is 0.0156. The summed E-state index contributed by atoms with van der Waals surface area (Å²) in [5.41, 5.74) is 2.35. The number of hydrogen-bond acceptors (Lipinski definition) is 4. The number of likely N-dealkylation sites (tertiary alicyclic amines) is 1. The highest BCUT2D eigenvalue weighted by atomic mass is 35.5. The third-order valence-electron chi connectivity index (χ3n) is 7.54. The highest BCUT2D eigenvalue weighted by Gasteiger charge is 2.33. The molecule has 1 aliphatic carbocycles. The van der Waals surface area contributed by atoms with Gasteiger partial charge >= 0.3 is 0 Å². The molecule has 6 nitrogen and oxygen atoms in total. The number of fused-ring (bicyclic) bond motifs is 1. The van der Waals surface area contributed by atoms with E-state index >= 15 is 0 Å². The molecule has 5 rings (SSSR count). The van der Waals surface area contributed by atoms with E-state index in [0.717, 1.165) is 24.7 Å². The summed E-state index contributed by atoms with van der Waals surface area (Å²) < 4.78 is 1.48. The summed E-state index contributed by atoms with van der Waals surface area (Å²) in [7, 11) is 0. The molecular weight excluding hydrogens is 472 g/mol. The molecule has 0 radical (unpaired) electrons. The zero-order valence-electron chi connectivity index (χ0n) is 21.3. The molecule has 2 heterocycles. The summed E-state index contributed by atoms with van der Waals surface area (Å²) in [5, 5.41) is 4.00. The van der Waals surface area contributed by atoms with Crippen LogP contribution in [0.25, 0.3) is 22.3 Å². The molecule has 0 unspecified atom stereocenters. The molecule has 0 bridgehead atoms. The first kappa shape index (κ1) is 25.0. The van der Waals surface area contributed by atoms with Crippen molar-refractivity contribution in [3.8, 4) is 11.4 Å². The summed E-state index contributed by atoms with van der Waals surface area (Å²) in [6.45, 7) is 9.69. The van der Waals surface area contributed by atoms with Gasteiger partial charge in [-0.1, -0.05) is 36.7 Å². The van der Waals surface area contributed by atoms with Crippen molar-refractivity contribution in [1.82, 2.24) is 19.8 Å². The van der Waals surface area contributed by atoms with Gasteiger partial charge in [0, 0.05) is 29.7 Å². The van der Waals surface area contributed by atoms with Crippen molar-refractivity contribution in [3.63, 3.8) is 0 Å². The van der Waals surface area contributed by atoms with Crippen LogP contribution in [0.4, 0.5) is 0 Å². The van der Waals surface area contributed by atoms with Gasteiger partial charge in [-0.15, -0.1) is 0 Å². The Morgan fingerprint density at radius 2 is 2.00 bits per heavy atom. The lowest BCUT2D eigenvalue weighted by Crippen LogP contribution is -2.37. The molecular formula is C29H35ClN4O2. The lowest BCUT2D eigenvalue weighted by atomic mass is 9.71. The van der Waals surface area contributed by atoms with E-state index in [1.165, 1.54) is 36.2 Å². The summed E-state index contributed by atoms with van der Waals surface area (Å²) in [6.07, 6.45) is 3.64. The van der Waals surface area contributed by atoms with Crippen molar-refractivity contribution < 1.29 is 4.79 Å². The van der Waals surface area contributed by atoms with Gasteiger partial charge in [0.15, 0.2) is 0 Å². The predicted octanol–water partition coefficient (Wildman–Crippen LogP) is 5.08. The molecule has 2 fully saturated rings. The van der Waals surface area contributed by atoms with Crippen molar-refractivity contribution in [2.75, 3.05) is 19.6 Å². The molecule has 2 aromatic carbocycles. The van der Waals surface area contributed by atoms with E-state index in [1.54, 1.807) is 12.1 Å². The van der Waals surface area contributed by atoms with Gasteiger partial charge in [0.2, 0.25) is 5.91 Å². The van der Waals surface area contributed by atoms with Crippen LogP contribution in [0.15, 0.2) is 47.3 Å². The van der Waals surface area contributed by atoms with E-state index in [1.807, 2.05) is 38.1 Å². The first-order chi connectivity index (χ1) is 17.3. The molecule has 36 heavy (non-hydrogen) atoms. The topological polar surface area (TPSA) is 67.2 Å². The number of aromatic nitrogens is 2. The number of hydrogen-bond donors (Lipinski definition) is 1. The maximum atomic E-state index is 13.7. The zero-order chi connectivity index (χ0) is 25.4. The van der Waals surface area contributed by atoms with Crippen LogP contribution in [0.3, 0.4) is 0 Å². The number of nitrogens with zero attached hydrogens (tertiary/aromatic N) is 3. The second-order valence-electron chi connectivity index (χ2n) is 11.0. The first-order valence-electron chi connectivity index (χ1n) is 13.1. The Bertz CT molecular complexity index is 1330. The van der Waals surface area contributed by atoms with E-state index in [9.17, 15) is 9.59 Å². The molecule has 1 saturated carbocycles. The SMILES string of the molecule is CC(C)NC(=O)Cn1c(-c2cccc(Cl)c2)nc2ccc([C@H]3C[C@H](CN4CC[C@@H](C)C4)C3)cc2c1=O. The van der Waals surface area contributed by atoms with Crippen LogP contribution in [0, 0.1) is 11.8 Å². The van der Waals surface area contributed by atoms with Crippen molar-refractivity contribution in [1.29, 1.82) is 0 Å². The summed E-state index contributed by atoms with van der Waals surface area (Å²) >= 11 is 6.23. The van der Waals surface area contributed by atoms with Crippen molar-refractivity contribution >= 4 is 28.4 Å². The molecule has 2 aliphatic rings. The van der Waals surface area contributed by atoms with Gasteiger partial charge in [-0.05, 0) is 87.2 Å². The fourth-order valence-corrected chi connectivity index (χ4v) is 5.90. The third-order valence-corrected chi connectivity index (χ3v) is 7.78. The number of carbonyl (C=O) groups excluding carboxylic acids is 1. The Labute approximate surface area is 217 Å². The van der Waals surface area contributed by atoms with Crippen LogP contribution in [-0.2, 0) is 11.3 Å². The predicted molar refractivity (Wildman–Crippen MR) is 145 cm³/mol. The molecule has 1 saturated heterocycles. The largest absolute Gasteiger partial charge is 0.352 e. The molecule has 0 spiro atoms. The molecule has 1 atom stereocenters. The number of amides is 1. The fraction of sp³-hybridized carbons (Fsp3) is 0.483. The number of halogens is 1. The average molecular weight is 507 g/mol. The Morgan fingerprint density at radius 3 is 2.69 bits per heavy atom. The fourth-order valence-electron chi connectivity index (χ4n) is 5.71. The zero-order valence-corrected chi connectivity index (χ0v) is 22.1. The monoisotopic (exact) mass is 506 g/mol. The van der Waals surface area contributed by atoms with Gasteiger partial charge < -0.3 is 10.2 Å². The van der Waals surface area contributed by atoms with Crippen LogP contribution in [0.5, 0.6) is 0 Å². The van der Waals surface area contributed by atoms with Crippen LogP contribution in [0.2, 0.25) is 5.02 Å². The second kappa shape index (κ2) is 10.3. The van der Waals surface area contributed by atoms with E-state index in [4.69, 9.17) is 16.6 Å². The van der Waals surface area contributed by atoms with Gasteiger partial charge in [0.1, 0.15) is 12.4 Å². The number of nitrogens with one attached hydrogen (secondary N) is 1. The Hall–Kier alpha value is -2.70. The quantitative estimate of drug-likeness (QED) is 0.485. The van der Waals surface area contributed by atoms with Crippen molar-refractivity contribution in [3.05, 3.63) is 63.4 Å². The minimum Gasteiger partial charge on any atom is -0.352 e. The second-order valence-corrected chi connectivity index (χ2v) is 11.5. The molecule has 3 aromatic rings. The van der Waals surface area contributed by atoms with Gasteiger partial charge in [-0.25, -0.2) is 4.98 Å².